The molecule has 84 heavy (non-hydrogen) atoms. The van der Waals surface area contributed by atoms with Gasteiger partial charge in [-0.25, -0.2) is 4.79 Å². The summed E-state index contributed by atoms with van der Waals surface area (Å²) in [7, 11) is 3.18. The van der Waals surface area contributed by atoms with E-state index in [9.17, 15) is 63.6 Å². The zero-order valence-corrected chi connectivity index (χ0v) is 49.0. The number of ether oxygens (including phenoxy) is 1. The van der Waals surface area contributed by atoms with Gasteiger partial charge in [0, 0.05) is 12.0 Å². The third-order valence-electron chi connectivity index (χ3n) is 13.5. The minimum absolute atomic E-state index is 0.0459. The number of amides is 10. The molecule has 20 N–H and O–H groups in total. The van der Waals surface area contributed by atoms with Gasteiger partial charge in [0.1, 0.15) is 54.9 Å². The topological polar surface area (TPSA) is 469 Å². The zero-order chi connectivity index (χ0) is 63.0. The summed E-state index contributed by atoms with van der Waals surface area (Å²) >= 11 is 0. The van der Waals surface area contributed by atoms with E-state index in [4.69, 9.17) is 21.6 Å². The number of aliphatic hydroxyl groups excluding tert-OH is 4. The summed E-state index contributed by atoms with van der Waals surface area (Å²) in [6.07, 6.45) is -6.71. The van der Waals surface area contributed by atoms with Crippen LogP contribution in [-0.2, 0) is 54.5 Å². The highest BCUT2D eigenvalue weighted by Gasteiger charge is 2.41. The molecule has 464 valence electrons. The minimum atomic E-state index is -2.27. The van der Waals surface area contributed by atoms with Crippen LogP contribution in [0.1, 0.15) is 91.3 Å². The third-order valence-corrected chi connectivity index (χ3v) is 13.9. The maximum Gasteiger partial charge on any atom is 0.408 e. The maximum absolute atomic E-state index is 15.1. The molecule has 0 spiro atoms. The van der Waals surface area contributed by atoms with Gasteiger partial charge in [-0.05, 0) is 55.1 Å². The van der Waals surface area contributed by atoms with Crippen LogP contribution in [0, 0.1) is 23.2 Å². The van der Waals surface area contributed by atoms with Crippen LogP contribution in [0.2, 0.25) is 0 Å². The molecular weight excluding hydrogens is 1120 g/mol. The molecule has 1 aliphatic rings. The molecule has 3 rings (SSSR count). The third kappa shape index (κ3) is 22.4. The van der Waals surface area contributed by atoms with Gasteiger partial charge in [0.2, 0.25) is 53.2 Å². The van der Waals surface area contributed by atoms with Gasteiger partial charge in [0.05, 0.1) is 31.4 Å². The number of carbonyl (C=O) groups excluding carboxylic acids is 10. The average Bonchev–Trinajstić information content (AvgIpc) is 3.52. The van der Waals surface area contributed by atoms with Crippen LogP contribution in [-0.4, -0.2) is 177 Å². The summed E-state index contributed by atoms with van der Waals surface area (Å²) in [4.78, 5) is 141. The summed E-state index contributed by atoms with van der Waals surface area (Å²) in [5.74, 6) is -12.1. The number of hydrogen-bond acceptors (Lipinski definition) is 16. The van der Waals surface area contributed by atoms with Gasteiger partial charge < -0.3 is 89.8 Å². The van der Waals surface area contributed by atoms with Crippen LogP contribution in [0.4, 0.5) is 4.79 Å². The first-order chi connectivity index (χ1) is 39.6. The summed E-state index contributed by atoms with van der Waals surface area (Å²) in [5.41, 5.74) is 11.1. The fourth-order valence-corrected chi connectivity index (χ4v) is 8.89. The van der Waals surface area contributed by atoms with Crippen LogP contribution in [0.25, 0.3) is 0 Å². The maximum atomic E-state index is 15.1. The van der Waals surface area contributed by atoms with E-state index in [0.29, 0.717) is 5.56 Å². The van der Waals surface area contributed by atoms with Gasteiger partial charge >= 0.3 is 6.09 Å². The molecular formula is C54H83N14O15P. The Morgan fingerprint density at radius 1 is 0.690 bits per heavy atom. The Kier molecular flexibility index (Phi) is 29.1. The highest BCUT2D eigenvalue weighted by molar-refractivity contribution is 7.21. The van der Waals surface area contributed by atoms with Crippen molar-refractivity contribution in [2.24, 2.45) is 29.2 Å². The number of nitrogens with two attached hydrogens (primary N) is 2. The van der Waals surface area contributed by atoms with E-state index < -0.39 is 162 Å². The molecule has 1 heterocycles. The van der Waals surface area contributed by atoms with Crippen molar-refractivity contribution in [3.05, 3.63) is 71.8 Å². The van der Waals surface area contributed by atoms with E-state index in [1.807, 2.05) is 0 Å². The first-order valence-electron chi connectivity index (χ1n) is 27.4. The molecule has 0 aromatic heterocycles. The number of benzene rings is 2. The van der Waals surface area contributed by atoms with Crippen LogP contribution < -0.4 is 70.0 Å². The summed E-state index contributed by atoms with van der Waals surface area (Å²) in [5, 5.41) is 79.2. The van der Waals surface area contributed by atoms with Gasteiger partial charge in [-0.1, -0.05) is 109 Å². The lowest BCUT2D eigenvalue weighted by molar-refractivity contribution is -0.138. The molecule has 13 atom stereocenters. The van der Waals surface area contributed by atoms with E-state index in [1.54, 1.807) is 64.1 Å². The highest BCUT2D eigenvalue weighted by Crippen LogP contribution is 2.21. The zero-order valence-electron chi connectivity index (χ0n) is 48.0. The number of primary amides is 1. The summed E-state index contributed by atoms with van der Waals surface area (Å²) in [6, 6.07) is 0.573. The fourth-order valence-electron chi connectivity index (χ4n) is 8.48. The van der Waals surface area contributed by atoms with E-state index in [0.717, 1.165) is 6.92 Å². The van der Waals surface area contributed by atoms with Crippen LogP contribution in [0.15, 0.2) is 60.7 Å². The molecule has 1 fully saturated rings. The molecule has 30 heteroatoms. The summed E-state index contributed by atoms with van der Waals surface area (Å²) < 4.78 is 5.49. The Labute approximate surface area is 489 Å². The van der Waals surface area contributed by atoms with Crippen molar-refractivity contribution in [1.82, 2.24) is 58.5 Å². The van der Waals surface area contributed by atoms with Crippen molar-refractivity contribution >= 4 is 79.5 Å². The Hall–Kier alpha value is -7.82. The van der Waals surface area contributed by atoms with Crippen molar-refractivity contribution in [2.75, 3.05) is 19.7 Å². The molecule has 0 radical (unpaired) electrons. The van der Waals surface area contributed by atoms with Crippen LogP contribution in [0.3, 0.4) is 0 Å². The molecule has 29 nitrogen and oxygen atoms in total. The van der Waals surface area contributed by atoms with E-state index in [2.05, 4.69) is 67.3 Å². The lowest BCUT2D eigenvalue weighted by Crippen LogP contribution is -2.64. The van der Waals surface area contributed by atoms with Crippen molar-refractivity contribution < 1.29 is 73.1 Å². The van der Waals surface area contributed by atoms with E-state index in [1.165, 1.54) is 38.1 Å². The molecule has 2 aromatic carbocycles. The lowest BCUT2D eigenvalue weighted by atomic mass is 9.94. The largest absolute Gasteiger partial charge is 0.445 e. The van der Waals surface area contributed by atoms with Gasteiger partial charge in [-0.2, -0.15) is 0 Å². The Morgan fingerprint density at radius 3 is 1.81 bits per heavy atom. The first kappa shape index (κ1) is 70.4. The monoisotopic (exact) mass is 1200 g/mol. The Morgan fingerprint density at radius 2 is 1.25 bits per heavy atom. The molecule has 0 unspecified atom stereocenters. The molecule has 10 amide bonds. The normalized spacial score (nSPS) is 24.8. The fraction of sp³-hybridized carbons (Fsp3) is 0.556. The number of alkyl carbamates (subject to hydrolysis) is 1. The highest BCUT2D eigenvalue weighted by atomic mass is 31.0. The molecule has 1 aliphatic heterocycles. The number of guanidine groups is 1. The SMILES string of the molecule is CC[C@H](C)[C@@H]1NC(=O)[C@@H](CCCNC(=N)N)NC(=O)[C@H](CC(C)C)NC(=O)[C@H]([C@H](O)C(C)C)NC(=O)[C@@H](NC(=O)OCc2ccccc2)[C@@H](c2ccccc2)NC(=O)[C@H](CO)NC(=P)[C@H]([C@H](O)C(N)=O)NC(=O)CNC(=O)[C@H]([C@H](C)O)NC1=O. The van der Waals surface area contributed by atoms with Gasteiger partial charge in [-0.15, -0.1) is 8.86 Å². The molecule has 0 bridgehead atoms. The van der Waals surface area contributed by atoms with Crippen molar-refractivity contribution in [1.29, 1.82) is 5.41 Å². The standard InChI is InChI=1S/C54H83N14O15P/c1-8-28(6)36-49(79)65-37(29(7)70)48(78)59-23-35(71)63-41(43(73)44(55)74)52(84)62-34(24-69)47(77)66-38(31-18-13-10-14-19-31)39(68-54(82)83-25-30-16-11-9-12-17-30)50(80)67-40(42(72)27(4)5)51(81)61-33(22-26(2)3)46(76)60-32(45(75)64-36)20-15-21-58-53(56)57/h9-14,16-19,26-29,32-34,36-43,62,69-70,72-73,84H,8,15,20-25H2,1-7H3,(H2,55,74)(H,59,78)(H,60,76)(H,61,81)(H,63,71)(H,64,75)(H,65,79)(H,66,77)(H,67,80)(H,68,82)(H4,56,57,58)/t28-,29-,32+,33-,34-,36-,37-,38+,39-,40-,41-,42+,43-/m0/s1. The van der Waals surface area contributed by atoms with Gasteiger partial charge in [0.25, 0.3) is 0 Å². The van der Waals surface area contributed by atoms with Crippen LogP contribution >= 0.6 is 8.86 Å². The van der Waals surface area contributed by atoms with E-state index >= 15 is 4.79 Å². The van der Waals surface area contributed by atoms with Gasteiger partial charge in [0.15, 0.2) is 12.1 Å². The van der Waals surface area contributed by atoms with E-state index in [-0.39, 0.29) is 56.3 Å². The van der Waals surface area contributed by atoms with Crippen molar-refractivity contribution in [3.63, 3.8) is 0 Å². The Balaban J connectivity index is 2.33. The van der Waals surface area contributed by atoms with Crippen LogP contribution in [0.5, 0.6) is 0 Å². The molecule has 0 aliphatic carbocycles. The second kappa shape index (κ2) is 34.7. The van der Waals surface area contributed by atoms with Crippen molar-refractivity contribution in [3.8, 4) is 0 Å². The minimum Gasteiger partial charge on any atom is -0.445 e. The number of nitrogens with one attached hydrogen (secondary N) is 12. The smallest absolute Gasteiger partial charge is 0.408 e. The quantitative estimate of drug-likeness (QED) is 0.0293. The lowest BCUT2D eigenvalue weighted by Gasteiger charge is -2.33. The second-order valence-corrected chi connectivity index (χ2v) is 21.6. The number of rotatable bonds is 18. The predicted octanol–water partition coefficient (Wildman–Crippen LogP) is -4.00. The molecule has 2 aromatic rings. The molecule has 0 saturated carbocycles. The second-order valence-electron chi connectivity index (χ2n) is 21.0. The number of aliphatic hydroxyl groups is 4. The number of hydrogen-bond donors (Lipinski definition) is 18. The van der Waals surface area contributed by atoms with Gasteiger partial charge in [-0.3, -0.25) is 53.9 Å². The Bertz CT molecular complexity index is 2600. The summed E-state index contributed by atoms with van der Waals surface area (Å²) in [6.45, 7) is 8.68. The first-order valence-corrected chi connectivity index (χ1v) is 27.9. The molecule has 1 saturated heterocycles. The number of carbonyl (C=O) groups is 10. The van der Waals surface area contributed by atoms with Crippen molar-refractivity contribution in [2.45, 2.75) is 153 Å². The average molecular weight is 1200 g/mol. The predicted molar refractivity (Wildman–Crippen MR) is 309 cm³/mol.